The van der Waals surface area contributed by atoms with Crippen molar-refractivity contribution in [3.05, 3.63) is 31.6 Å². The molecule has 3 amide bonds. The van der Waals surface area contributed by atoms with Crippen molar-refractivity contribution in [3.8, 4) is 0 Å². The van der Waals surface area contributed by atoms with E-state index >= 15 is 0 Å². The minimum absolute atomic E-state index is 0.0220. The molecule has 1 N–H and O–H groups in total. The fourth-order valence-corrected chi connectivity index (χ4v) is 11.6. The Bertz CT molecular complexity index is 2160. The molecule has 11 nitrogen and oxygen atoms in total. The molecular formula is C70H139N3O8S. The Hall–Kier alpha value is -2.44. The highest BCUT2D eigenvalue weighted by atomic mass is 32.2. The summed E-state index contributed by atoms with van der Waals surface area (Å²) in [4.78, 5) is 62.2. The molecule has 0 bridgehead atoms. The lowest BCUT2D eigenvalue weighted by Crippen LogP contribution is -2.47. The number of hydrogen-bond donors (Lipinski definition) is 1. The molecule has 12 heteroatoms. The van der Waals surface area contributed by atoms with E-state index in [4.69, 9.17) is 4.74 Å². The van der Waals surface area contributed by atoms with Gasteiger partial charge in [-0.2, -0.15) is 0 Å². The number of ketones is 1. The van der Waals surface area contributed by atoms with Crippen LogP contribution in [0.2, 0.25) is 0 Å². The highest BCUT2D eigenvalue weighted by molar-refractivity contribution is 7.93. The molecule has 2 heterocycles. The van der Waals surface area contributed by atoms with Crippen molar-refractivity contribution in [3.63, 3.8) is 0 Å². The van der Waals surface area contributed by atoms with Gasteiger partial charge in [0.05, 0.1) is 21.7 Å². The number of amides is 3. The van der Waals surface area contributed by atoms with Crippen molar-refractivity contribution in [2.75, 3.05) is 13.1 Å². The van der Waals surface area contributed by atoms with E-state index in [1.54, 1.807) is 34.6 Å². The van der Waals surface area contributed by atoms with Gasteiger partial charge in [0.2, 0.25) is 10.9 Å². The molecule has 1 unspecified atom stereocenters. The number of nitrogens with one attached hydrogen (secondary N) is 1. The molecule has 0 aromatic heterocycles. The van der Waals surface area contributed by atoms with Gasteiger partial charge in [0.25, 0.3) is 5.91 Å². The Labute approximate surface area is 509 Å². The van der Waals surface area contributed by atoms with E-state index in [2.05, 4.69) is 156 Å². The molecule has 82 heavy (non-hydrogen) atoms. The van der Waals surface area contributed by atoms with Crippen molar-refractivity contribution < 1.29 is 27.5 Å². The van der Waals surface area contributed by atoms with Gasteiger partial charge in [0.1, 0.15) is 11.8 Å². The Balaban J connectivity index is -0.000000439. The minimum Gasteiger partial charge on any atom is -0.373 e. The molecule has 3 rings (SSSR count). The van der Waals surface area contributed by atoms with E-state index in [0.29, 0.717) is 46.5 Å². The van der Waals surface area contributed by atoms with E-state index < -0.39 is 26.2 Å². The number of rotatable bonds is 4. The van der Waals surface area contributed by atoms with Crippen LogP contribution < -0.4 is 16.2 Å². The van der Waals surface area contributed by atoms with Crippen molar-refractivity contribution in [1.82, 2.24) is 15.1 Å². The third-order valence-electron chi connectivity index (χ3n) is 13.2. The highest BCUT2D eigenvalue weighted by Gasteiger charge is 2.48. The second-order valence-electron chi connectivity index (χ2n) is 37.1. The van der Waals surface area contributed by atoms with Crippen LogP contribution in [0.25, 0.3) is 0 Å². The quantitative estimate of drug-likeness (QED) is 0.230. The van der Waals surface area contributed by atoms with Crippen LogP contribution in [0.15, 0.2) is 9.59 Å². The number of Topliss-reactive ketones (excluding diaryl/α,β-unsaturated/α-hetero) is 1. The number of ether oxygens (including phenoxy) is 1. The van der Waals surface area contributed by atoms with Crippen molar-refractivity contribution in [2.45, 2.75) is 348 Å². The number of likely N-dealkylation sites (tertiary alicyclic amines) is 1. The van der Waals surface area contributed by atoms with Gasteiger partial charge in [0.15, 0.2) is 9.84 Å². The first-order valence-corrected chi connectivity index (χ1v) is 32.5. The summed E-state index contributed by atoms with van der Waals surface area (Å²) in [6, 6.07) is -0.698. The normalized spacial score (nSPS) is 16.9. The standard InChI is InChI=1S/C14H22O2.C13H27N.C11H20N2O2.C9H18O.C9H20.C7H16O2S.C7H16O/c1-13(2,3)7-9-10(8-14(4,5)6)12(16)11(9)15;1-12(2,3)11-7-9-14(10-8-11)13(4,5)6;1-10(2,3)7-8(14)13(9(15)12-7)11(4,5)6;1-8(2,3)7(10)9(4,5)6;1-8(2,3)7-9(4,5)6;1-6(2)10(8,9)7(3,4)5;1-6(2)8-7(3,4)5/h7-8H2,1-6H3;11H,7-10H2,1-6H3;7H,1-6H3,(H,12,15);1-6H3;7H2,1-6H3;6H,1-5H3;6H,1-5H3. The number of imide groups is 1. The van der Waals surface area contributed by atoms with Gasteiger partial charge >= 0.3 is 6.03 Å². The van der Waals surface area contributed by atoms with Crippen LogP contribution in [-0.2, 0) is 37.0 Å². The van der Waals surface area contributed by atoms with Crippen LogP contribution >= 0.6 is 0 Å². The molecule has 0 radical (unpaired) electrons. The molecule has 2 aliphatic heterocycles. The van der Waals surface area contributed by atoms with Crippen LogP contribution in [0, 0.1) is 49.2 Å². The van der Waals surface area contributed by atoms with Crippen molar-refractivity contribution in [1.29, 1.82) is 0 Å². The lowest BCUT2D eigenvalue weighted by Gasteiger charge is -2.44. The molecule has 0 saturated carbocycles. The molecule has 0 aliphatic carbocycles. The summed E-state index contributed by atoms with van der Waals surface area (Å²) in [5.74, 6) is 1.11. The van der Waals surface area contributed by atoms with E-state index in [1.165, 1.54) is 37.3 Å². The zero-order valence-corrected chi connectivity index (χ0v) is 62.6. The smallest absolute Gasteiger partial charge is 0.325 e. The summed E-state index contributed by atoms with van der Waals surface area (Å²) in [6.45, 7) is 85.0. The molecule has 1 atom stereocenters. The number of piperidine rings is 1. The number of sulfone groups is 1. The van der Waals surface area contributed by atoms with Gasteiger partial charge in [-0.05, 0) is 194 Å². The molecule has 1 aromatic rings. The number of carbonyl (C=O) groups excluding carboxylic acids is 3. The van der Waals surface area contributed by atoms with E-state index in [-0.39, 0.29) is 60.7 Å². The molecular weight excluding hydrogens is 1040 g/mol. The van der Waals surface area contributed by atoms with Gasteiger partial charge in [0, 0.05) is 33.0 Å². The summed E-state index contributed by atoms with van der Waals surface area (Å²) in [6.07, 6.45) is 5.81. The van der Waals surface area contributed by atoms with Crippen LogP contribution in [0.3, 0.4) is 0 Å². The Kier molecular flexibility index (Phi) is 32.5. The molecule has 0 spiro atoms. The minimum atomic E-state index is -2.91. The average Bonchev–Trinajstić information content (AvgIpc) is 3.50. The number of carbonyl (C=O) groups is 3. The Morgan fingerprint density at radius 2 is 0.841 bits per heavy atom. The number of hydrogen-bond acceptors (Lipinski definition) is 9. The predicted octanol–water partition coefficient (Wildman–Crippen LogP) is 17.7. The molecule has 2 fully saturated rings. The summed E-state index contributed by atoms with van der Waals surface area (Å²) in [7, 11) is -2.91. The zero-order chi connectivity index (χ0) is 67.4. The van der Waals surface area contributed by atoms with E-state index in [0.717, 1.165) is 17.0 Å². The maximum atomic E-state index is 12.1. The second-order valence-corrected chi connectivity index (χ2v) is 40.4. The topological polar surface area (TPSA) is 147 Å². The highest BCUT2D eigenvalue weighted by Crippen LogP contribution is 2.36. The first-order valence-electron chi connectivity index (χ1n) is 30.9. The van der Waals surface area contributed by atoms with Gasteiger partial charge in [-0.1, -0.05) is 166 Å². The van der Waals surface area contributed by atoms with Crippen LogP contribution in [0.1, 0.15) is 307 Å². The maximum Gasteiger partial charge on any atom is 0.325 e. The molecule has 2 aliphatic rings. The monoisotopic (exact) mass is 1180 g/mol. The first kappa shape index (κ1) is 86.0. The van der Waals surface area contributed by atoms with Crippen molar-refractivity contribution >= 4 is 27.6 Å². The average molecular weight is 1180 g/mol. The van der Waals surface area contributed by atoms with E-state index in [1.807, 2.05) is 96.9 Å². The first-order chi connectivity index (χ1) is 35.2. The molecule has 2 saturated heterocycles. The third-order valence-corrected chi connectivity index (χ3v) is 16.1. The van der Waals surface area contributed by atoms with Crippen LogP contribution in [0.4, 0.5) is 4.79 Å². The van der Waals surface area contributed by atoms with Crippen LogP contribution in [-0.4, -0.2) is 87.9 Å². The largest absolute Gasteiger partial charge is 0.373 e. The number of nitrogens with zero attached hydrogens (tertiary/aromatic N) is 2. The SMILES string of the molecule is CC(C)(C)C(=O)C(C)(C)C.CC(C)(C)C1CCN(C(C)(C)C)CC1.CC(C)(C)C1NC(=O)N(C(C)(C)C)C1=O.CC(C)(C)CC(C)(C)C.CC(C)(C)Cc1c(CC(C)(C)C)c(=O)c1=O.CC(C)OC(C)(C)C.CC(C)S(=O)(=O)C(C)(C)C. The molecule has 1 aromatic carbocycles. The fraction of sp³-hybridized carbons (Fsp3) is 0.900. The summed E-state index contributed by atoms with van der Waals surface area (Å²) < 4.78 is 27.5. The summed E-state index contributed by atoms with van der Waals surface area (Å²) in [5, 5.41) is 2.47. The zero-order valence-electron chi connectivity index (χ0n) is 61.8. The predicted molar refractivity (Wildman–Crippen MR) is 357 cm³/mol. The van der Waals surface area contributed by atoms with Gasteiger partial charge in [-0.15, -0.1) is 0 Å². The van der Waals surface area contributed by atoms with Crippen LogP contribution in [0.5, 0.6) is 0 Å². The Morgan fingerprint density at radius 1 is 0.512 bits per heavy atom. The van der Waals surface area contributed by atoms with Gasteiger partial charge < -0.3 is 10.1 Å². The summed E-state index contributed by atoms with van der Waals surface area (Å²) >= 11 is 0. The lowest BCUT2D eigenvalue weighted by molar-refractivity contribution is -0.134. The molecule has 488 valence electrons. The van der Waals surface area contributed by atoms with Crippen molar-refractivity contribution in [2.24, 2.45) is 49.2 Å². The Morgan fingerprint density at radius 3 is 0.963 bits per heavy atom. The van der Waals surface area contributed by atoms with Gasteiger partial charge in [-0.25, -0.2) is 13.2 Å². The third kappa shape index (κ3) is 36.5. The van der Waals surface area contributed by atoms with E-state index in [9.17, 15) is 32.4 Å². The fourth-order valence-electron chi connectivity index (χ4n) is 10.2. The number of urea groups is 1. The maximum absolute atomic E-state index is 12.1. The second kappa shape index (κ2) is 31.0. The lowest BCUT2D eigenvalue weighted by atomic mass is 9.75. The summed E-state index contributed by atoms with van der Waals surface area (Å²) in [5.41, 5.74) is 1.93. The van der Waals surface area contributed by atoms with Gasteiger partial charge in [-0.3, -0.25) is 29.0 Å².